The molecule has 24 heavy (non-hydrogen) atoms. The average Bonchev–Trinajstić information content (AvgIpc) is 2.64. The Hall–Kier alpha value is -1.39. The number of fused-ring (bicyclic) bond motifs is 1. The molecule has 0 saturated carbocycles. The molecule has 0 aromatic heterocycles. The minimum absolute atomic E-state index is 0.0125. The molecule has 134 valence electrons. The summed E-state index contributed by atoms with van der Waals surface area (Å²) < 4.78 is 0. The van der Waals surface area contributed by atoms with Gasteiger partial charge in [0.2, 0.25) is 5.91 Å². The van der Waals surface area contributed by atoms with Crippen LogP contribution in [-0.2, 0) is 17.8 Å². The Labute approximate surface area is 146 Å². The van der Waals surface area contributed by atoms with Gasteiger partial charge in [0.05, 0.1) is 6.04 Å². The largest absolute Gasteiger partial charge is 0.396 e. The summed E-state index contributed by atoms with van der Waals surface area (Å²) in [5.41, 5.74) is 2.75. The molecule has 1 atom stereocenters. The predicted octanol–water partition coefficient (Wildman–Crippen LogP) is 2.74. The number of nitrogens with one attached hydrogen (secondary N) is 1. The zero-order valence-electron chi connectivity index (χ0n) is 15.3. The average molecular weight is 332 g/mol. The number of nitrogens with zero attached hydrogens (tertiary/aromatic N) is 1. The number of hydrogen-bond donors (Lipinski definition) is 2. The molecule has 1 aromatic carbocycles. The quantitative estimate of drug-likeness (QED) is 0.770. The van der Waals surface area contributed by atoms with E-state index in [0.29, 0.717) is 6.54 Å². The molecule has 1 aliphatic rings. The van der Waals surface area contributed by atoms with Crippen molar-refractivity contribution in [3.8, 4) is 0 Å². The summed E-state index contributed by atoms with van der Waals surface area (Å²) in [7, 11) is 0. The number of aliphatic hydroxyl groups excluding tert-OH is 1. The van der Waals surface area contributed by atoms with Crippen LogP contribution in [0.3, 0.4) is 0 Å². The first-order chi connectivity index (χ1) is 11.5. The Morgan fingerprint density at radius 2 is 1.96 bits per heavy atom. The topological polar surface area (TPSA) is 52.6 Å². The number of hydrogen-bond acceptors (Lipinski definition) is 3. The lowest BCUT2D eigenvalue weighted by atomic mass is 9.79. The van der Waals surface area contributed by atoms with E-state index in [4.69, 9.17) is 0 Å². The minimum Gasteiger partial charge on any atom is -0.396 e. The van der Waals surface area contributed by atoms with Gasteiger partial charge in [-0.05, 0) is 49.1 Å². The number of carbonyl (C=O) groups excluding carboxylic acids is 1. The van der Waals surface area contributed by atoms with E-state index in [9.17, 15) is 9.90 Å². The van der Waals surface area contributed by atoms with Crippen LogP contribution in [0.5, 0.6) is 0 Å². The van der Waals surface area contributed by atoms with E-state index in [1.165, 1.54) is 11.1 Å². The first kappa shape index (κ1) is 18.9. The van der Waals surface area contributed by atoms with E-state index in [1.54, 1.807) is 0 Å². The highest BCUT2D eigenvalue weighted by molar-refractivity contribution is 5.81. The molecule has 1 unspecified atom stereocenters. The molecule has 0 spiro atoms. The fourth-order valence-corrected chi connectivity index (χ4v) is 3.62. The first-order valence-electron chi connectivity index (χ1n) is 9.24. The van der Waals surface area contributed by atoms with Crippen LogP contribution in [0.15, 0.2) is 24.3 Å². The maximum Gasteiger partial charge on any atom is 0.237 e. The molecule has 0 bridgehead atoms. The molecule has 2 rings (SSSR count). The molecule has 1 aliphatic heterocycles. The Bertz CT molecular complexity index is 540. The van der Waals surface area contributed by atoms with Crippen LogP contribution < -0.4 is 5.32 Å². The fourth-order valence-electron chi connectivity index (χ4n) is 3.62. The highest BCUT2D eigenvalue weighted by Crippen LogP contribution is 2.29. The predicted molar refractivity (Wildman–Crippen MR) is 97.7 cm³/mol. The lowest BCUT2D eigenvalue weighted by Gasteiger charge is -2.35. The Balaban J connectivity index is 1.93. The molecule has 4 nitrogen and oxygen atoms in total. The van der Waals surface area contributed by atoms with Gasteiger partial charge in [-0.3, -0.25) is 9.69 Å². The summed E-state index contributed by atoms with van der Waals surface area (Å²) in [6.07, 6.45) is 3.68. The first-order valence-corrected chi connectivity index (χ1v) is 9.24. The van der Waals surface area contributed by atoms with Gasteiger partial charge in [0.25, 0.3) is 0 Å². The summed E-state index contributed by atoms with van der Waals surface area (Å²) >= 11 is 0. The molecular formula is C20H32N2O2. The van der Waals surface area contributed by atoms with Crippen LogP contribution >= 0.6 is 0 Å². The zero-order valence-corrected chi connectivity index (χ0v) is 15.3. The standard InChI is InChI=1S/C20H32N2O2/c1-4-20(5-2,11-13-23)15-21-19(24)16(3)22-12-10-17-8-6-7-9-18(17)14-22/h6-9,16,23H,4-5,10-15H2,1-3H3,(H,21,24). The van der Waals surface area contributed by atoms with Crippen molar-refractivity contribution >= 4 is 5.91 Å². The van der Waals surface area contributed by atoms with Crippen molar-refractivity contribution in [2.24, 2.45) is 5.41 Å². The van der Waals surface area contributed by atoms with Gasteiger partial charge in [0.1, 0.15) is 0 Å². The highest BCUT2D eigenvalue weighted by atomic mass is 16.3. The molecular weight excluding hydrogens is 300 g/mol. The third-order valence-corrected chi connectivity index (χ3v) is 5.87. The van der Waals surface area contributed by atoms with E-state index in [2.05, 4.69) is 48.3 Å². The number of carbonyl (C=O) groups is 1. The van der Waals surface area contributed by atoms with Crippen molar-refractivity contribution < 1.29 is 9.90 Å². The number of amides is 1. The molecule has 1 aromatic rings. The maximum absolute atomic E-state index is 12.6. The second-order valence-corrected chi connectivity index (χ2v) is 7.06. The second kappa shape index (κ2) is 8.63. The number of rotatable bonds is 8. The van der Waals surface area contributed by atoms with Crippen molar-refractivity contribution in [2.45, 2.75) is 59.0 Å². The van der Waals surface area contributed by atoms with Crippen LogP contribution in [-0.4, -0.2) is 41.7 Å². The third-order valence-electron chi connectivity index (χ3n) is 5.87. The van der Waals surface area contributed by atoms with Gasteiger partial charge in [0, 0.05) is 26.2 Å². The van der Waals surface area contributed by atoms with Gasteiger partial charge in [-0.2, -0.15) is 0 Å². The molecule has 0 aliphatic carbocycles. The molecule has 2 N–H and O–H groups in total. The van der Waals surface area contributed by atoms with E-state index in [-0.39, 0.29) is 24.0 Å². The van der Waals surface area contributed by atoms with Crippen LogP contribution in [0.25, 0.3) is 0 Å². The van der Waals surface area contributed by atoms with Gasteiger partial charge >= 0.3 is 0 Å². The summed E-state index contributed by atoms with van der Waals surface area (Å²) in [6.45, 7) is 8.86. The fraction of sp³-hybridized carbons (Fsp3) is 0.650. The molecule has 1 amide bonds. The molecule has 0 fully saturated rings. The van der Waals surface area contributed by atoms with Crippen molar-refractivity contribution in [3.05, 3.63) is 35.4 Å². The van der Waals surface area contributed by atoms with Crippen molar-refractivity contribution in [1.82, 2.24) is 10.2 Å². The van der Waals surface area contributed by atoms with Crippen LogP contribution in [0.4, 0.5) is 0 Å². The Morgan fingerprint density at radius 1 is 1.29 bits per heavy atom. The SMILES string of the molecule is CCC(CC)(CCO)CNC(=O)C(C)N1CCc2ccccc2C1. The normalized spacial score (nSPS) is 16.5. The molecule has 0 radical (unpaired) electrons. The van der Waals surface area contributed by atoms with Crippen LogP contribution in [0, 0.1) is 5.41 Å². The highest BCUT2D eigenvalue weighted by Gasteiger charge is 2.29. The summed E-state index contributed by atoms with van der Waals surface area (Å²) in [6, 6.07) is 8.37. The molecule has 1 heterocycles. The Morgan fingerprint density at radius 3 is 2.58 bits per heavy atom. The smallest absolute Gasteiger partial charge is 0.237 e. The van der Waals surface area contributed by atoms with Crippen molar-refractivity contribution in [2.75, 3.05) is 19.7 Å². The number of benzene rings is 1. The number of aliphatic hydroxyl groups is 1. The van der Waals surface area contributed by atoms with E-state index in [1.807, 2.05) is 6.92 Å². The molecule has 4 heteroatoms. The summed E-state index contributed by atoms with van der Waals surface area (Å²) in [5, 5.41) is 12.5. The lowest BCUT2D eigenvalue weighted by Crippen LogP contribution is -2.49. The van der Waals surface area contributed by atoms with Crippen molar-refractivity contribution in [1.29, 1.82) is 0 Å². The van der Waals surface area contributed by atoms with E-state index in [0.717, 1.165) is 38.8 Å². The van der Waals surface area contributed by atoms with Gasteiger partial charge in [0.15, 0.2) is 0 Å². The van der Waals surface area contributed by atoms with Gasteiger partial charge in [-0.15, -0.1) is 0 Å². The van der Waals surface area contributed by atoms with Gasteiger partial charge < -0.3 is 10.4 Å². The van der Waals surface area contributed by atoms with Gasteiger partial charge in [-0.25, -0.2) is 0 Å². The zero-order chi connectivity index (χ0) is 17.6. The Kier molecular flexibility index (Phi) is 6.81. The summed E-state index contributed by atoms with van der Waals surface area (Å²) in [4.78, 5) is 14.9. The lowest BCUT2D eigenvalue weighted by molar-refractivity contribution is -0.126. The maximum atomic E-state index is 12.6. The van der Waals surface area contributed by atoms with Crippen molar-refractivity contribution in [3.63, 3.8) is 0 Å². The monoisotopic (exact) mass is 332 g/mol. The van der Waals surface area contributed by atoms with Crippen LogP contribution in [0.2, 0.25) is 0 Å². The van der Waals surface area contributed by atoms with E-state index >= 15 is 0 Å². The summed E-state index contributed by atoms with van der Waals surface area (Å²) in [5.74, 6) is 0.0959. The van der Waals surface area contributed by atoms with E-state index < -0.39 is 0 Å². The second-order valence-electron chi connectivity index (χ2n) is 7.06. The minimum atomic E-state index is -0.126. The van der Waals surface area contributed by atoms with Crippen LogP contribution in [0.1, 0.15) is 51.2 Å². The third kappa shape index (κ3) is 4.37. The molecule has 0 saturated heterocycles. The van der Waals surface area contributed by atoms with Gasteiger partial charge in [-0.1, -0.05) is 38.1 Å².